The van der Waals surface area contributed by atoms with Crippen molar-refractivity contribution in [3.63, 3.8) is 0 Å². The van der Waals surface area contributed by atoms with Crippen LogP contribution < -0.4 is 4.90 Å². The first-order valence-electron chi connectivity index (χ1n) is 13.5. The summed E-state index contributed by atoms with van der Waals surface area (Å²) in [5.41, 5.74) is 2.66. The van der Waals surface area contributed by atoms with Crippen molar-refractivity contribution in [3.05, 3.63) is 65.4 Å². The molecule has 1 unspecified atom stereocenters. The molecule has 0 aliphatic carbocycles. The van der Waals surface area contributed by atoms with Crippen LogP contribution in [-0.4, -0.2) is 79.9 Å². The van der Waals surface area contributed by atoms with E-state index in [1.165, 1.54) is 20.0 Å². The number of anilines is 1. The Kier molecular flexibility index (Phi) is 8.90. The number of fused-ring (bicyclic) bond motifs is 1. The van der Waals surface area contributed by atoms with Gasteiger partial charge in [-0.2, -0.15) is 0 Å². The molecular formula is C30H37N3O7. The van der Waals surface area contributed by atoms with Crippen LogP contribution in [0.25, 0.3) is 0 Å². The molecule has 0 N–H and O–H groups in total. The molecule has 3 aliphatic heterocycles. The van der Waals surface area contributed by atoms with E-state index in [1.54, 1.807) is 6.08 Å². The lowest BCUT2D eigenvalue weighted by atomic mass is 9.83. The number of para-hydroxylation sites is 1. The number of carbonyl (C=O) groups excluding carboxylic acids is 4. The Hall–Kier alpha value is -3.76. The van der Waals surface area contributed by atoms with Gasteiger partial charge < -0.3 is 19.1 Å². The van der Waals surface area contributed by atoms with E-state index in [9.17, 15) is 19.2 Å². The summed E-state index contributed by atoms with van der Waals surface area (Å²) >= 11 is 0. The first-order chi connectivity index (χ1) is 19.0. The predicted octanol–water partition coefficient (Wildman–Crippen LogP) is 3.68. The lowest BCUT2D eigenvalue weighted by Crippen LogP contribution is -2.55. The molecule has 3 aliphatic rings. The maximum Gasteiger partial charge on any atom is 0.333 e. The Morgan fingerprint density at radius 2 is 1.80 bits per heavy atom. The summed E-state index contributed by atoms with van der Waals surface area (Å²) in [6, 6.07) is 7.29. The first-order valence-corrected chi connectivity index (χ1v) is 13.5. The van der Waals surface area contributed by atoms with Crippen LogP contribution in [0.15, 0.2) is 59.8 Å². The van der Waals surface area contributed by atoms with Gasteiger partial charge in [0.2, 0.25) is 0 Å². The minimum atomic E-state index is -0.775. The number of esters is 1. The van der Waals surface area contributed by atoms with Gasteiger partial charge >= 0.3 is 12.0 Å². The van der Waals surface area contributed by atoms with Crippen molar-refractivity contribution in [2.45, 2.75) is 51.7 Å². The highest BCUT2D eigenvalue weighted by Crippen LogP contribution is 2.47. The number of barbiturate groups is 1. The summed E-state index contributed by atoms with van der Waals surface area (Å²) in [5.74, 6) is -2.06. The van der Waals surface area contributed by atoms with Crippen molar-refractivity contribution in [3.8, 4) is 0 Å². The standard InChI is InChI=1S/C30H37N3O7/c1-20(2)28(36)40-19-16-33-27(35)21(26(34)31(5)29(33)37)13-14-24-30(3,4)22-10-6-7-11-23(22)32(24)15-18-39-25-12-8-9-17-38-25/h6-7,10-11,13-14,25H,1,8-9,12,15-19H2,2-5H3/b21-13+,24-14+. The molecule has 10 heteroatoms. The summed E-state index contributed by atoms with van der Waals surface area (Å²) in [6.45, 7) is 10.5. The van der Waals surface area contributed by atoms with Crippen LogP contribution in [0.3, 0.4) is 0 Å². The van der Waals surface area contributed by atoms with Crippen LogP contribution in [0.2, 0.25) is 0 Å². The summed E-state index contributed by atoms with van der Waals surface area (Å²) in [6.07, 6.45) is 6.03. The first kappa shape index (κ1) is 29.2. The summed E-state index contributed by atoms with van der Waals surface area (Å²) in [5, 5.41) is 0. The van der Waals surface area contributed by atoms with E-state index in [0.717, 1.165) is 46.0 Å². The molecule has 40 heavy (non-hydrogen) atoms. The normalized spacial score (nSPS) is 22.8. The molecule has 4 rings (SSSR count). The third kappa shape index (κ3) is 5.88. The van der Waals surface area contributed by atoms with Crippen LogP contribution in [-0.2, 0) is 34.0 Å². The van der Waals surface area contributed by atoms with Crippen LogP contribution in [0.4, 0.5) is 10.5 Å². The topological polar surface area (TPSA) is 106 Å². The molecule has 10 nitrogen and oxygen atoms in total. The van der Waals surface area contributed by atoms with Gasteiger partial charge in [0.05, 0.1) is 13.2 Å². The van der Waals surface area contributed by atoms with Gasteiger partial charge in [-0.15, -0.1) is 0 Å². The van der Waals surface area contributed by atoms with E-state index < -0.39 is 29.2 Å². The maximum absolute atomic E-state index is 13.3. The number of hydrogen-bond donors (Lipinski definition) is 0. The van der Waals surface area contributed by atoms with E-state index in [2.05, 4.69) is 31.4 Å². The van der Waals surface area contributed by atoms with Crippen molar-refractivity contribution in [2.24, 2.45) is 0 Å². The molecule has 4 amide bonds. The molecule has 0 aromatic heterocycles. The third-order valence-electron chi connectivity index (χ3n) is 7.39. The Morgan fingerprint density at radius 3 is 2.50 bits per heavy atom. The molecule has 1 aromatic rings. The molecule has 0 radical (unpaired) electrons. The minimum Gasteiger partial charge on any atom is -0.460 e. The van der Waals surface area contributed by atoms with E-state index >= 15 is 0 Å². The Labute approximate surface area is 234 Å². The van der Waals surface area contributed by atoms with E-state index in [0.29, 0.717) is 19.8 Å². The molecule has 214 valence electrons. The van der Waals surface area contributed by atoms with E-state index in [-0.39, 0.29) is 30.6 Å². The van der Waals surface area contributed by atoms with Crippen molar-refractivity contribution in [1.82, 2.24) is 9.80 Å². The molecule has 2 saturated heterocycles. The number of imide groups is 2. The van der Waals surface area contributed by atoms with Crippen molar-refractivity contribution >= 4 is 29.5 Å². The monoisotopic (exact) mass is 551 g/mol. The number of benzene rings is 1. The van der Waals surface area contributed by atoms with Crippen molar-refractivity contribution in [2.75, 3.05) is 44.9 Å². The van der Waals surface area contributed by atoms with Gasteiger partial charge in [-0.25, -0.2) is 9.59 Å². The van der Waals surface area contributed by atoms with Gasteiger partial charge in [-0.1, -0.05) is 38.6 Å². The highest BCUT2D eigenvalue weighted by atomic mass is 16.7. The average molecular weight is 552 g/mol. The Balaban J connectivity index is 1.58. The number of urea groups is 1. The number of ether oxygens (including phenoxy) is 3. The zero-order valence-corrected chi connectivity index (χ0v) is 23.6. The fraction of sp³-hybridized carbons (Fsp3) is 0.467. The molecule has 2 fully saturated rings. The number of allylic oxidation sites excluding steroid dienone is 3. The maximum atomic E-state index is 13.3. The Morgan fingerprint density at radius 1 is 1.07 bits per heavy atom. The third-order valence-corrected chi connectivity index (χ3v) is 7.39. The fourth-order valence-electron chi connectivity index (χ4n) is 5.13. The SMILES string of the molecule is C=C(C)C(=O)OCCN1C(=O)/C(=C/C=C2/N(CCOC3CCCCO3)c3ccccc3C2(C)C)C(=O)N(C)C1=O. The van der Waals surface area contributed by atoms with Gasteiger partial charge in [0.25, 0.3) is 11.8 Å². The van der Waals surface area contributed by atoms with Gasteiger partial charge in [-0.05, 0) is 50.0 Å². The van der Waals surface area contributed by atoms with Crippen LogP contribution in [0, 0.1) is 0 Å². The lowest BCUT2D eigenvalue weighted by molar-refractivity contribution is -0.160. The van der Waals surface area contributed by atoms with Gasteiger partial charge in [0, 0.05) is 42.6 Å². The summed E-state index contributed by atoms with van der Waals surface area (Å²) < 4.78 is 16.8. The van der Waals surface area contributed by atoms with Gasteiger partial charge in [0.1, 0.15) is 12.2 Å². The highest BCUT2D eigenvalue weighted by Gasteiger charge is 2.42. The quantitative estimate of drug-likeness (QED) is 0.260. The van der Waals surface area contributed by atoms with E-state index in [1.807, 2.05) is 18.2 Å². The van der Waals surface area contributed by atoms with Crippen molar-refractivity contribution < 1.29 is 33.4 Å². The summed E-state index contributed by atoms with van der Waals surface area (Å²) in [4.78, 5) is 54.6. The second-order valence-electron chi connectivity index (χ2n) is 10.6. The molecule has 1 aromatic carbocycles. The number of rotatable bonds is 9. The zero-order chi connectivity index (χ0) is 29.0. The van der Waals surface area contributed by atoms with Crippen LogP contribution in [0.5, 0.6) is 0 Å². The summed E-state index contributed by atoms with van der Waals surface area (Å²) in [7, 11) is 1.32. The number of hydrogen-bond acceptors (Lipinski definition) is 8. The van der Waals surface area contributed by atoms with Gasteiger partial charge in [-0.3, -0.25) is 19.4 Å². The molecular weight excluding hydrogens is 514 g/mol. The molecule has 0 saturated carbocycles. The van der Waals surface area contributed by atoms with Gasteiger partial charge in [0.15, 0.2) is 6.29 Å². The number of nitrogens with zero attached hydrogens (tertiary/aromatic N) is 3. The number of likely N-dealkylation sites (N-methyl/N-ethyl adjacent to an activating group) is 1. The molecule has 1 atom stereocenters. The second-order valence-corrected chi connectivity index (χ2v) is 10.6. The second kappa shape index (κ2) is 12.2. The van der Waals surface area contributed by atoms with Crippen LogP contribution in [0.1, 0.15) is 45.6 Å². The van der Waals surface area contributed by atoms with Crippen molar-refractivity contribution in [1.29, 1.82) is 0 Å². The molecule has 0 spiro atoms. The van der Waals surface area contributed by atoms with Crippen LogP contribution >= 0.6 is 0 Å². The molecule has 3 heterocycles. The number of amides is 4. The Bertz CT molecular complexity index is 1260. The highest BCUT2D eigenvalue weighted by molar-refractivity contribution is 6.28. The minimum absolute atomic E-state index is 0.153. The fourth-order valence-corrected chi connectivity index (χ4v) is 5.13. The largest absolute Gasteiger partial charge is 0.460 e. The lowest BCUT2D eigenvalue weighted by Gasteiger charge is -2.31. The van der Waals surface area contributed by atoms with E-state index in [4.69, 9.17) is 14.2 Å². The number of carbonyl (C=O) groups is 4. The zero-order valence-electron chi connectivity index (χ0n) is 23.6. The average Bonchev–Trinajstić information content (AvgIpc) is 3.15. The molecule has 0 bridgehead atoms. The smallest absolute Gasteiger partial charge is 0.333 e. The predicted molar refractivity (Wildman–Crippen MR) is 148 cm³/mol.